The molecule has 0 amide bonds. The van der Waals surface area contributed by atoms with Crippen LogP contribution in [0.25, 0.3) is 22.5 Å². The van der Waals surface area contributed by atoms with E-state index in [1.807, 2.05) is 0 Å². The van der Waals surface area contributed by atoms with Crippen molar-refractivity contribution < 1.29 is 23.7 Å². The molecule has 0 unspecified atom stereocenters. The Kier molecular flexibility index (Phi) is 40.7. The predicted octanol–water partition coefficient (Wildman–Crippen LogP) is 21.9. The summed E-state index contributed by atoms with van der Waals surface area (Å²) in [5.74, 6) is 3.35. The average Bonchev–Trinajstić information content (AvgIpc) is 4.08. The first-order chi connectivity index (χ1) is 40.0. The molecule has 2 aromatic heterocycles. The Morgan fingerprint density at radius 1 is 0.284 bits per heavy atom. The van der Waals surface area contributed by atoms with Crippen LogP contribution in [0, 0.1) is 13.8 Å². The molecule has 0 aliphatic carbocycles. The van der Waals surface area contributed by atoms with E-state index < -0.39 is 0 Å². The zero-order valence-corrected chi connectivity index (χ0v) is 53.4. The molecule has 4 rings (SSSR count). The van der Waals surface area contributed by atoms with Crippen LogP contribution in [0.4, 0.5) is 0 Å². The van der Waals surface area contributed by atoms with Crippen LogP contribution in [0.3, 0.4) is 0 Å². The lowest BCUT2D eigenvalue weighted by Gasteiger charge is -2.14. The fraction of sp³-hybridized carbons (Fsp3) is 0.750. The second kappa shape index (κ2) is 47.4. The van der Waals surface area contributed by atoms with Gasteiger partial charge in [-0.1, -0.05) is 259 Å². The van der Waals surface area contributed by atoms with E-state index in [0.717, 1.165) is 95.8 Å². The number of hydrogen-bond donors (Lipinski definition) is 0. The predicted molar refractivity (Wildman–Crippen MR) is 345 cm³/mol. The second-order valence-electron chi connectivity index (χ2n) is 23.8. The molecule has 2 aromatic carbocycles. The monoisotopic (exact) mass is 1120 g/mol. The van der Waals surface area contributed by atoms with E-state index in [1.54, 1.807) is 0 Å². The highest BCUT2D eigenvalue weighted by atomic mass is 16.5. The fourth-order valence-corrected chi connectivity index (χ4v) is 11.0. The normalized spacial score (nSPS) is 11.5. The van der Waals surface area contributed by atoms with E-state index in [1.165, 1.54) is 231 Å². The third-order valence-corrected chi connectivity index (χ3v) is 16.4. The van der Waals surface area contributed by atoms with Crippen molar-refractivity contribution in [2.75, 3.05) is 39.6 Å². The highest BCUT2D eigenvalue weighted by Crippen LogP contribution is 2.35. The first-order valence-electron chi connectivity index (χ1n) is 34.4. The van der Waals surface area contributed by atoms with Gasteiger partial charge in [-0.2, -0.15) is 10.2 Å². The molecule has 0 spiro atoms. The van der Waals surface area contributed by atoms with Gasteiger partial charge in [0.1, 0.15) is 0 Å². The van der Waals surface area contributed by atoms with Gasteiger partial charge in [-0.05, 0) is 88.1 Å². The number of aryl methyl sites for hydroxylation is 2. The average molecular weight is 1120 g/mol. The van der Waals surface area contributed by atoms with E-state index >= 15 is 0 Å². The summed E-state index contributed by atoms with van der Waals surface area (Å²) in [6, 6.07) is 17.1. The molecule has 2 heterocycles. The highest BCUT2D eigenvalue weighted by Gasteiger charge is 2.15. The Morgan fingerprint density at radius 2 is 0.531 bits per heavy atom. The summed E-state index contributed by atoms with van der Waals surface area (Å²) in [5.41, 5.74) is 6.20. The van der Waals surface area contributed by atoms with Gasteiger partial charge >= 0.3 is 0 Å². The maximum Gasteiger partial charge on any atom is 0.161 e. The Balaban J connectivity index is 1.27. The van der Waals surface area contributed by atoms with Gasteiger partial charge in [0.15, 0.2) is 23.0 Å². The molecule has 0 atom stereocenters. The summed E-state index contributed by atoms with van der Waals surface area (Å²) in [6.07, 6.45) is 52.4. The fourth-order valence-electron chi connectivity index (χ4n) is 11.0. The molecule has 0 bridgehead atoms. The molecule has 0 saturated heterocycles. The SMILES string of the molecule is CCCCCCCCCCCCOc1ccc(-c2cc(C)n(CCOCCn3nc(-c4ccc(OCCCCCCCCCCCC)c(OCCCCCCCCCCCC)c4)cc3C)n2)cc1OCCCCCCCCCCCC. The Bertz CT molecular complexity index is 1950. The molecule has 0 saturated carbocycles. The van der Waals surface area contributed by atoms with Crippen LogP contribution in [0.1, 0.15) is 296 Å². The van der Waals surface area contributed by atoms with Crippen LogP contribution in [0.15, 0.2) is 48.5 Å². The van der Waals surface area contributed by atoms with E-state index in [9.17, 15) is 0 Å². The van der Waals surface area contributed by atoms with Crippen LogP contribution < -0.4 is 18.9 Å². The topological polar surface area (TPSA) is 81.8 Å². The highest BCUT2D eigenvalue weighted by molar-refractivity contribution is 5.65. The Morgan fingerprint density at radius 3 is 0.802 bits per heavy atom. The van der Waals surface area contributed by atoms with Gasteiger partial charge in [0.05, 0.1) is 64.1 Å². The van der Waals surface area contributed by atoms with Crippen LogP contribution in [0.5, 0.6) is 23.0 Å². The number of ether oxygens (including phenoxy) is 5. The quantitative estimate of drug-likeness (QED) is 0.0407. The number of benzene rings is 2. The van der Waals surface area contributed by atoms with Crippen LogP contribution >= 0.6 is 0 Å². The van der Waals surface area contributed by atoms with Crippen molar-refractivity contribution in [3.8, 4) is 45.5 Å². The summed E-state index contributed by atoms with van der Waals surface area (Å²) < 4.78 is 36.2. The number of hydrogen-bond acceptors (Lipinski definition) is 7. The van der Waals surface area contributed by atoms with Crippen molar-refractivity contribution in [3.05, 3.63) is 59.9 Å². The summed E-state index contributed by atoms with van der Waals surface area (Å²) in [4.78, 5) is 0. The number of nitrogens with zero attached hydrogens (tertiary/aromatic N) is 4. The third kappa shape index (κ3) is 32.0. The zero-order chi connectivity index (χ0) is 57.5. The van der Waals surface area contributed by atoms with Gasteiger partial charge in [0.25, 0.3) is 0 Å². The van der Waals surface area contributed by atoms with Crippen LogP contribution in [-0.4, -0.2) is 59.2 Å². The van der Waals surface area contributed by atoms with Crippen molar-refractivity contribution in [3.63, 3.8) is 0 Å². The molecule has 0 radical (unpaired) electrons. The van der Waals surface area contributed by atoms with E-state index in [4.69, 9.17) is 33.9 Å². The number of aromatic nitrogens is 4. The molecule has 9 nitrogen and oxygen atoms in total. The Hall–Kier alpha value is -3.98. The lowest BCUT2D eigenvalue weighted by molar-refractivity contribution is 0.113. The first kappa shape index (κ1) is 69.5. The van der Waals surface area contributed by atoms with Gasteiger partial charge in [-0.3, -0.25) is 9.36 Å². The minimum Gasteiger partial charge on any atom is -0.490 e. The van der Waals surface area contributed by atoms with Crippen molar-refractivity contribution >= 4 is 0 Å². The molecule has 0 N–H and O–H groups in total. The van der Waals surface area contributed by atoms with Crippen LogP contribution in [-0.2, 0) is 17.8 Å². The van der Waals surface area contributed by atoms with Crippen molar-refractivity contribution in [2.45, 2.75) is 311 Å². The Labute approximate surface area is 497 Å². The second-order valence-corrected chi connectivity index (χ2v) is 23.8. The zero-order valence-electron chi connectivity index (χ0n) is 53.4. The summed E-state index contributed by atoms with van der Waals surface area (Å²) in [5, 5.41) is 10.1. The molecule has 9 heteroatoms. The summed E-state index contributed by atoms with van der Waals surface area (Å²) in [7, 11) is 0. The molecule has 4 aromatic rings. The molecule has 0 aliphatic heterocycles. The molecule has 0 fully saturated rings. The van der Waals surface area contributed by atoms with Crippen molar-refractivity contribution in [1.29, 1.82) is 0 Å². The smallest absolute Gasteiger partial charge is 0.161 e. The summed E-state index contributed by atoms with van der Waals surface area (Å²) >= 11 is 0. The molecule has 81 heavy (non-hydrogen) atoms. The van der Waals surface area contributed by atoms with E-state index in [-0.39, 0.29) is 0 Å². The lowest BCUT2D eigenvalue weighted by Crippen LogP contribution is -2.13. The summed E-state index contributed by atoms with van der Waals surface area (Å²) in [6.45, 7) is 18.7. The number of rotatable bonds is 56. The largest absolute Gasteiger partial charge is 0.490 e. The first-order valence-corrected chi connectivity index (χ1v) is 34.4. The van der Waals surface area contributed by atoms with Gasteiger partial charge in [0, 0.05) is 22.5 Å². The van der Waals surface area contributed by atoms with E-state index in [0.29, 0.717) is 39.5 Å². The standard InChI is InChI=1S/C72H122N4O5/c1-7-11-15-19-23-27-31-35-39-43-53-78-69-49-47-65(61-71(69)80-55-45-41-37-33-29-25-21-17-13-9-3)67-59-63(5)75(73-67)51-57-77-58-52-76-64(6)60-68(74-76)66-48-50-70(79-54-44-40-36-32-28-24-20-16-12-8-2)72(62-66)81-56-46-42-38-34-30-26-22-18-14-10-4/h47-50,59-62H,7-46,51-58H2,1-6H3. The molecular formula is C72H122N4O5. The molecule has 460 valence electrons. The van der Waals surface area contributed by atoms with Gasteiger partial charge in [-0.25, -0.2) is 0 Å². The third-order valence-electron chi connectivity index (χ3n) is 16.4. The van der Waals surface area contributed by atoms with Gasteiger partial charge < -0.3 is 23.7 Å². The van der Waals surface area contributed by atoms with Crippen molar-refractivity contribution in [2.24, 2.45) is 0 Å². The number of unbranched alkanes of at least 4 members (excludes halogenated alkanes) is 36. The molecular weight excluding hydrogens is 1000 g/mol. The van der Waals surface area contributed by atoms with E-state index in [2.05, 4.69) is 99.4 Å². The van der Waals surface area contributed by atoms with Crippen molar-refractivity contribution in [1.82, 2.24) is 19.6 Å². The maximum absolute atomic E-state index is 6.51. The maximum atomic E-state index is 6.51. The van der Waals surface area contributed by atoms with Gasteiger partial charge in [-0.15, -0.1) is 0 Å². The van der Waals surface area contributed by atoms with Crippen LogP contribution in [0.2, 0.25) is 0 Å². The molecule has 0 aliphatic rings. The lowest BCUT2D eigenvalue weighted by atomic mass is 10.1. The minimum atomic E-state index is 0.564. The van der Waals surface area contributed by atoms with Gasteiger partial charge in [0.2, 0.25) is 0 Å². The minimum absolute atomic E-state index is 0.564.